The van der Waals surface area contributed by atoms with Crippen molar-refractivity contribution in [2.24, 2.45) is 0 Å². The van der Waals surface area contributed by atoms with Gasteiger partial charge in [0.05, 0.1) is 0 Å². The first-order chi connectivity index (χ1) is 8.08. The molecule has 1 saturated carbocycles. The van der Waals surface area contributed by atoms with Crippen molar-refractivity contribution in [3.63, 3.8) is 0 Å². The largest absolute Gasteiger partial charge is 0.221 e. The van der Waals surface area contributed by atoms with Gasteiger partial charge >= 0.3 is 0 Å². The molecule has 1 aromatic heterocycles. The van der Waals surface area contributed by atoms with Crippen LogP contribution in [-0.2, 0) is 15.4 Å². The molecule has 0 aromatic carbocycles. The number of sulfonamides is 1. The van der Waals surface area contributed by atoms with Gasteiger partial charge < -0.3 is 0 Å². The lowest BCUT2D eigenvalue weighted by molar-refractivity contribution is 0.434. The minimum atomic E-state index is -3.17. The second kappa shape index (κ2) is 5.38. The van der Waals surface area contributed by atoms with E-state index >= 15 is 0 Å². The van der Waals surface area contributed by atoms with E-state index < -0.39 is 10.0 Å². The lowest BCUT2D eigenvalue weighted by Crippen LogP contribution is -2.39. The predicted molar refractivity (Wildman–Crippen MR) is 75.2 cm³/mol. The van der Waals surface area contributed by atoms with E-state index in [1.54, 1.807) is 11.3 Å². The van der Waals surface area contributed by atoms with Gasteiger partial charge in [-0.1, -0.05) is 28.8 Å². The van der Waals surface area contributed by atoms with E-state index in [1.807, 2.05) is 0 Å². The van der Waals surface area contributed by atoms with Gasteiger partial charge in [0.1, 0.15) is 4.66 Å². The number of nitrogens with one attached hydrogen (secondary N) is 1. The summed E-state index contributed by atoms with van der Waals surface area (Å²) in [4.78, 5) is 0. The number of alkyl halides is 1. The highest BCUT2D eigenvalue weighted by molar-refractivity contribution is 9.10. The Morgan fingerprint density at radius 1 is 1.41 bits per heavy atom. The smallest absolute Gasteiger partial charge is 0.214 e. The van der Waals surface area contributed by atoms with Crippen LogP contribution in [-0.4, -0.2) is 19.6 Å². The topological polar surface area (TPSA) is 46.2 Å². The summed E-state index contributed by atoms with van der Waals surface area (Å²) in [6, 6.07) is 2.12. The average Bonchev–Trinajstić information content (AvgIpc) is 2.98. The maximum Gasteiger partial charge on any atom is 0.221 e. The molecule has 1 fully saturated rings. The third-order valence-electron chi connectivity index (χ3n) is 3.47. The number of hydrogen-bond donors (Lipinski definition) is 1. The van der Waals surface area contributed by atoms with Crippen molar-refractivity contribution in [2.75, 3.05) is 11.2 Å². The first-order valence-electron chi connectivity index (χ1n) is 5.64. The first kappa shape index (κ1) is 13.5. The summed E-state index contributed by atoms with van der Waals surface area (Å²) in [5, 5.41) is 4.21. The molecule has 17 heavy (non-hydrogen) atoms. The maximum absolute atomic E-state index is 11.5. The number of rotatable bonds is 5. The predicted octanol–water partition coefficient (Wildman–Crippen LogP) is 2.83. The summed E-state index contributed by atoms with van der Waals surface area (Å²) < 4.78 is 25.7. The average molecular weight is 338 g/mol. The van der Waals surface area contributed by atoms with Gasteiger partial charge in [0.25, 0.3) is 0 Å². The monoisotopic (exact) mass is 337 g/mol. The van der Waals surface area contributed by atoms with Crippen molar-refractivity contribution in [3.05, 3.63) is 22.4 Å². The molecular formula is C11H16BrNO2S2. The minimum absolute atomic E-state index is 0.0231. The maximum atomic E-state index is 11.5. The summed E-state index contributed by atoms with van der Waals surface area (Å²) in [7, 11) is -3.17. The second-order valence-electron chi connectivity index (χ2n) is 4.54. The van der Waals surface area contributed by atoms with Crippen LogP contribution in [0.5, 0.6) is 0 Å². The fraction of sp³-hybridized carbons (Fsp3) is 0.636. The lowest BCUT2D eigenvalue weighted by Gasteiger charge is -2.28. The van der Waals surface area contributed by atoms with E-state index in [-0.39, 0.29) is 10.1 Å². The molecule has 6 heteroatoms. The standard InChI is InChI=1S/C11H16BrNO2S2/c12-9-17(14,15)13-8-11(4-1-2-5-11)10-3-6-16-7-10/h3,6-7,13H,1-2,4-5,8-9H2. The normalized spacial score (nSPS) is 19.6. The summed E-state index contributed by atoms with van der Waals surface area (Å²) in [6.45, 7) is 0.525. The van der Waals surface area contributed by atoms with Crippen molar-refractivity contribution < 1.29 is 8.42 Å². The molecule has 0 saturated heterocycles. The van der Waals surface area contributed by atoms with Gasteiger partial charge in [-0.05, 0) is 35.2 Å². The zero-order valence-corrected chi connectivity index (χ0v) is 12.7. The van der Waals surface area contributed by atoms with Gasteiger partial charge in [-0.2, -0.15) is 11.3 Å². The molecule has 1 aliphatic carbocycles. The van der Waals surface area contributed by atoms with Crippen molar-refractivity contribution in [1.29, 1.82) is 0 Å². The third kappa shape index (κ3) is 3.10. The van der Waals surface area contributed by atoms with Crippen LogP contribution in [0, 0.1) is 0 Å². The Labute approximate surface area is 115 Å². The highest BCUT2D eigenvalue weighted by Gasteiger charge is 2.36. The van der Waals surface area contributed by atoms with E-state index in [4.69, 9.17) is 0 Å². The Balaban J connectivity index is 2.14. The summed E-state index contributed by atoms with van der Waals surface area (Å²) in [6.07, 6.45) is 4.53. The van der Waals surface area contributed by atoms with Gasteiger partial charge in [0, 0.05) is 12.0 Å². The zero-order valence-electron chi connectivity index (χ0n) is 9.49. The van der Waals surface area contributed by atoms with Crippen LogP contribution in [0.25, 0.3) is 0 Å². The molecular weight excluding hydrogens is 322 g/mol. The van der Waals surface area contributed by atoms with Crippen molar-refractivity contribution in [1.82, 2.24) is 4.72 Å². The highest BCUT2D eigenvalue weighted by atomic mass is 79.9. The first-order valence-corrected chi connectivity index (χ1v) is 9.36. The molecule has 1 aliphatic rings. The Morgan fingerprint density at radius 3 is 2.65 bits per heavy atom. The van der Waals surface area contributed by atoms with Gasteiger partial charge in [-0.15, -0.1) is 0 Å². The molecule has 0 atom stereocenters. The van der Waals surface area contributed by atoms with Crippen molar-refractivity contribution in [3.8, 4) is 0 Å². The number of hydrogen-bond acceptors (Lipinski definition) is 3. The Bertz CT molecular complexity index is 450. The Hall–Kier alpha value is 0.0900. The van der Waals surface area contributed by atoms with Crippen LogP contribution >= 0.6 is 27.3 Å². The summed E-state index contributed by atoms with van der Waals surface area (Å²) >= 11 is 4.68. The fourth-order valence-corrected chi connectivity index (χ4v) is 4.31. The molecule has 2 rings (SSSR count). The van der Waals surface area contributed by atoms with E-state index in [1.165, 1.54) is 18.4 Å². The third-order valence-corrected chi connectivity index (χ3v) is 6.83. The molecule has 0 radical (unpaired) electrons. The van der Waals surface area contributed by atoms with Gasteiger partial charge in [0.15, 0.2) is 0 Å². The Morgan fingerprint density at radius 2 is 2.12 bits per heavy atom. The lowest BCUT2D eigenvalue weighted by atomic mass is 9.81. The van der Waals surface area contributed by atoms with Crippen LogP contribution in [0.4, 0.5) is 0 Å². The molecule has 0 amide bonds. The zero-order chi connectivity index (χ0) is 12.4. The molecule has 0 aliphatic heterocycles. The van der Waals surface area contributed by atoms with Gasteiger partial charge in [0.2, 0.25) is 10.0 Å². The highest BCUT2D eigenvalue weighted by Crippen LogP contribution is 2.41. The fourth-order valence-electron chi connectivity index (χ4n) is 2.47. The van der Waals surface area contributed by atoms with E-state index in [9.17, 15) is 8.42 Å². The molecule has 0 unspecified atom stereocenters. The van der Waals surface area contributed by atoms with Crippen LogP contribution in [0.3, 0.4) is 0 Å². The van der Waals surface area contributed by atoms with Crippen molar-refractivity contribution in [2.45, 2.75) is 31.1 Å². The molecule has 3 nitrogen and oxygen atoms in total. The van der Waals surface area contributed by atoms with Crippen LogP contribution < -0.4 is 4.72 Å². The molecule has 0 spiro atoms. The van der Waals surface area contributed by atoms with Crippen LogP contribution in [0.15, 0.2) is 16.8 Å². The molecule has 1 N–H and O–H groups in total. The quantitative estimate of drug-likeness (QED) is 0.839. The minimum Gasteiger partial charge on any atom is -0.214 e. The van der Waals surface area contributed by atoms with Crippen LogP contribution in [0.2, 0.25) is 0 Å². The molecule has 1 heterocycles. The van der Waals surface area contributed by atoms with E-state index in [0.717, 1.165) is 12.8 Å². The van der Waals surface area contributed by atoms with Crippen molar-refractivity contribution >= 4 is 37.3 Å². The number of halogens is 1. The SMILES string of the molecule is O=S(=O)(CBr)NCC1(c2ccsc2)CCCC1. The molecule has 0 bridgehead atoms. The summed E-state index contributed by atoms with van der Waals surface area (Å²) in [5.74, 6) is 0. The van der Waals surface area contributed by atoms with Crippen LogP contribution in [0.1, 0.15) is 31.2 Å². The van der Waals surface area contributed by atoms with E-state index in [2.05, 4.69) is 37.5 Å². The Kier molecular flexibility index (Phi) is 4.28. The second-order valence-corrected chi connectivity index (χ2v) is 8.43. The van der Waals surface area contributed by atoms with Gasteiger partial charge in [-0.3, -0.25) is 0 Å². The van der Waals surface area contributed by atoms with Gasteiger partial charge in [-0.25, -0.2) is 13.1 Å². The molecule has 1 aromatic rings. The summed E-state index contributed by atoms with van der Waals surface area (Å²) in [5.41, 5.74) is 1.31. The number of thiophene rings is 1. The van der Waals surface area contributed by atoms with E-state index in [0.29, 0.717) is 6.54 Å². The molecule has 96 valence electrons.